The number of fused-ring (bicyclic) bond motifs is 1. The molecule has 0 bridgehead atoms. The van der Waals surface area contributed by atoms with Gasteiger partial charge in [-0.3, -0.25) is 5.10 Å². The molecule has 6 heteroatoms. The highest BCUT2D eigenvalue weighted by molar-refractivity contribution is 7.91. The van der Waals surface area contributed by atoms with Gasteiger partial charge < -0.3 is 0 Å². The summed E-state index contributed by atoms with van der Waals surface area (Å²) in [5.41, 5.74) is 1.29. The summed E-state index contributed by atoms with van der Waals surface area (Å²) in [6.07, 6.45) is 2.08. The fraction of sp³-hybridized carbons (Fsp3) is 0.400. The molecule has 0 aliphatic heterocycles. The van der Waals surface area contributed by atoms with Crippen LogP contribution < -0.4 is 0 Å². The van der Waals surface area contributed by atoms with Gasteiger partial charge >= 0.3 is 0 Å². The van der Waals surface area contributed by atoms with Crippen LogP contribution in [0.15, 0.2) is 17.3 Å². The second-order valence-electron chi connectivity index (χ2n) is 3.68. The highest BCUT2D eigenvalue weighted by Gasteiger charge is 2.20. The lowest BCUT2D eigenvalue weighted by Gasteiger charge is -2.01. The molecule has 0 spiro atoms. The predicted octanol–water partition coefficient (Wildman–Crippen LogP) is 1.45. The van der Waals surface area contributed by atoms with E-state index in [1.54, 1.807) is 6.07 Å². The lowest BCUT2D eigenvalue weighted by Crippen LogP contribution is -2.08. The van der Waals surface area contributed by atoms with Crippen LogP contribution >= 0.6 is 0 Å². The molecule has 16 heavy (non-hydrogen) atoms. The predicted molar refractivity (Wildman–Crippen MR) is 61.0 cm³/mol. The summed E-state index contributed by atoms with van der Waals surface area (Å²) in [6, 6.07) is 1.76. The minimum absolute atomic E-state index is 0.0798. The van der Waals surface area contributed by atoms with E-state index >= 15 is 0 Å². The molecule has 0 amide bonds. The SMILES string of the molecule is CCCS(=O)(=O)c1nccc2c(C)[nH]nc12. The second kappa shape index (κ2) is 3.86. The van der Waals surface area contributed by atoms with Crippen molar-refractivity contribution < 1.29 is 8.42 Å². The van der Waals surface area contributed by atoms with Gasteiger partial charge in [0.2, 0.25) is 0 Å². The molecule has 0 atom stereocenters. The number of aryl methyl sites for hydroxylation is 1. The Balaban J connectivity index is 2.70. The van der Waals surface area contributed by atoms with Crippen LogP contribution in [0.4, 0.5) is 0 Å². The Hall–Kier alpha value is -1.43. The van der Waals surface area contributed by atoms with Crippen molar-refractivity contribution in [2.75, 3.05) is 5.75 Å². The molecule has 2 aromatic heterocycles. The summed E-state index contributed by atoms with van der Waals surface area (Å²) in [5, 5.41) is 7.67. The molecule has 1 N–H and O–H groups in total. The summed E-state index contributed by atoms with van der Waals surface area (Å²) < 4.78 is 23.9. The van der Waals surface area contributed by atoms with E-state index in [0.29, 0.717) is 11.9 Å². The van der Waals surface area contributed by atoms with Gasteiger partial charge in [0, 0.05) is 17.3 Å². The summed E-state index contributed by atoms with van der Waals surface area (Å²) >= 11 is 0. The van der Waals surface area contributed by atoms with Crippen LogP contribution in [0.3, 0.4) is 0 Å². The zero-order valence-electron chi connectivity index (χ0n) is 9.19. The van der Waals surface area contributed by atoms with E-state index < -0.39 is 9.84 Å². The number of pyridine rings is 1. The number of rotatable bonds is 3. The normalized spacial score (nSPS) is 12.1. The number of aromatic nitrogens is 3. The van der Waals surface area contributed by atoms with E-state index in [0.717, 1.165) is 11.1 Å². The minimum atomic E-state index is -3.32. The second-order valence-corrected chi connectivity index (χ2v) is 5.70. The summed E-state index contributed by atoms with van der Waals surface area (Å²) in [7, 11) is -3.32. The smallest absolute Gasteiger partial charge is 0.197 e. The zero-order chi connectivity index (χ0) is 11.8. The molecular formula is C10H13N3O2S. The third kappa shape index (κ3) is 1.69. The van der Waals surface area contributed by atoms with Gasteiger partial charge in [-0.05, 0) is 19.4 Å². The Bertz CT molecular complexity index is 616. The Morgan fingerprint density at radius 3 is 2.88 bits per heavy atom. The Labute approximate surface area is 93.8 Å². The number of hydrogen-bond acceptors (Lipinski definition) is 4. The van der Waals surface area contributed by atoms with Gasteiger partial charge in [0.15, 0.2) is 14.9 Å². The number of hydrogen-bond donors (Lipinski definition) is 1. The maximum atomic E-state index is 11.9. The summed E-state index contributed by atoms with van der Waals surface area (Å²) in [4.78, 5) is 3.94. The highest BCUT2D eigenvalue weighted by Crippen LogP contribution is 2.21. The summed E-state index contributed by atoms with van der Waals surface area (Å²) in [6.45, 7) is 3.68. The van der Waals surface area contributed by atoms with Crippen LogP contribution in [-0.2, 0) is 9.84 Å². The van der Waals surface area contributed by atoms with Crippen LogP contribution in [-0.4, -0.2) is 29.4 Å². The van der Waals surface area contributed by atoms with Gasteiger partial charge in [-0.2, -0.15) is 5.10 Å². The first-order valence-corrected chi connectivity index (χ1v) is 6.74. The molecular weight excluding hydrogens is 226 g/mol. The third-order valence-corrected chi connectivity index (χ3v) is 4.23. The molecule has 0 radical (unpaired) electrons. The van der Waals surface area contributed by atoms with Crippen LogP contribution in [0.2, 0.25) is 0 Å². The van der Waals surface area contributed by atoms with Crippen molar-refractivity contribution >= 4 is 20.7 Å². The lowest BCUT2D eigenvalue weighted by molar-refractivity contribution is 0.592. The van der Waals surface area contributed by atoms with E-state index in [2.05, 4.69) is 15.2 Å². The average molecular weight is 239 g/mol. The van der Waals surface area contributed by atoms with Crippen molar-refractivity contribution in [2.45, 2.75) is 25.3 Å². The van der Waals surface area contributed by atoms with Crippen molar-refractivity contribution in [3.63, 3.8) is 0 Å². The molecule has 0 fully saturated rings. The molecule has 0 aromatic carbocycles. The Morgan fingerprint density at radius 2 is 2.19 bits per heavy atom. The molecule has 2 heterocycles. The fourth-order valence-electron chi connectivity index (χ4n) is 1.64. The van der Waals surface area contributed by atoms with Crippen molar-refractivity contribution in [1.29, 1.82) is 0 Å². The average Bonchev–Trinajstić information content (AvgIpc) is 2.60. The highest BCUT2D eigenvalue weighted by atomic mass is 32.2. The standard InChI is InChI=1S/C10H13N3O2S/c1-3-6-16(14,15)10-9-8(4-5-11-10)7(2)12-13-9/h4-5H,3,6H2,1-2H3,(H,12,13). The number of sulfone groups is 1. The first-order chi connectivity index (χ1) is 7.56. The third-order valence-electron chi connectivity index (χ3n) is 2.40. The quantitative estimate of drug-likeness (QED) is 0.879. The van der Waals surface area contributed by atoms with Crippen molar-refractivity contribution in [1.82, 2.24) is 15.2 Å². The van der Waals surface area contributed by atoms with E-state index in [9.17, 15) is 8.42 Å². The molecule has 2 rings (SSSR count). The van der Waals surface area contributed by atoms with Gasteiger partial charge in [-0.25, -0.2) is 13.4 Å². The first kappa shape index (κ1) is 11.1. The molecule has 0 saturated heterocycles. The molecule has 0 aliphatic rings. The van der Waals surface area contributed by atoms with Crippen molar-refractivity contribution in [2.24, 2.45) is 0 Å². The molecule has 5 nitrogen and oxygen atoms in total. The number of aromatic amines is 1. The van der Waals surface area contributed by atoms with Crippen LogP contribution in [0.5, 0.6) is 0 Å². The van der Waals surface area contributed by atoms with Crippen molar-refractivity contribution in [3.05, 3.63) is 18.0 Å². The molecule has 0 unspecified atom stereocenters. The topological polar surface area (TPSA) is 75.7 Å². The molecule has 86 valence electrons. The monoisotopic (exact) mass is 239 g/mol. The van der Waals surface area contributed by atoms with Crippen LogP contribution in [0.25, 0.3) is 10.9 Å². The molecule has 2 aromatic rings. The van der Waals surface area contributed by atoms with Crippen LogP contribution in [0, 0.1) is 6.92 Å². The zero-order valence-corrected chi connectivity index (χ0v) is 10.0. The molecule has 0 aliphatic carbocycles. The van der Waals surface area contributed by atoms with Crippen LogP contribution in [0.1, 0.15) is 19.0 Å². The Kier molecular flexibility index (Phi) is 2.67. The van der Waals surface area contributed by atoms with Gasteiger partial charge in [0.25, 0.3) is 0 Å². The summed E-state index contributed by atoms with van der Waals surface area (Å²) in [5.74, 6) is 0.102. The van der Waals surface area contributed by atoms with Gasteiger partial charge in [-0.15, -0.1) is 0 Å². The maximum absolute atomic E-state index is 11.9. The fourth-order valence-corrected chi connectivity index (χ4v) is 3.04. The maximum Gasteiger partial charge on any atom is 0.197 e. The number of H-pyrrole nitrogens is 1. The van der Waals surface area contributed by atoms with Gasteiger partial charge in [0.05, 0.1) is 5.75 Å². The van der Waals surface area contributed by atoms with E-state index in [4.69, 9.17) is 0 Å². The number of nitrogens with one attached hydrogen (secondary N) is 1. The number of nitrogens with zero attached hydrogens (tertiary/aromatic N) is 2. The van der Waals surface area contributed by atoms with E-state index in [1.165, 1.54) is 6.20 Å². The minimum Gasteiger partial charge on any atom is -0.282 e. The van der Waals surface area contributed by atoms with Crippen molar-refractivity contribution in [3.8, 4) is 0 Å². The molecule has 0 saturated carbocycles. The van der Waals surface area contributed by atoms with Gasteiger partial charge in [0.1, 0.15) is 5.52 Å². The largest absolute Gasteiger partial charge is 0.282 e. The lowest BCUT2D eigenvalue weighted by atomic mass is 10.3. The Morgan fingerprint density at radius 1 is 1.44 bits per heavy atom. The van der Waals surface area contributed by atoms with E-state index in [1.807, 2.05) is 13.8 Å². The van der Waals surface area contributed by atoms with Gasteiger partial charge in [-0.1, -0.05) is 6.92 Å². The van der Waals surface area contributed by atoms with E-state index in [-0.39, 0.29) is 10.8 Å². The first-order valence-electron chi connectivity index (χ1n) is 5.08.